The molecule has 0 aromatic heterocycles. The van der Waals surface area contributed by atoms with E-state index in [0.29, 0.717) is 51.7 Å². The number of halogens is 14. The maximum absolute atomic E-state index is 12.7. The Balaban J connectivity index is 0.000000394. The zero-order chi connectivity index (χ0) is 77.7. The van der Waals surface area contributed by atoms with Crippen molar-refractivity contribution in [3.05, 3.63) is 367 Å². The van der Waals surface area contributed by atoms with Crippen molar-refractivity contribution >= 4 is 164 Å². The summed E-state index contributed by atoms with van der Waals surface area (Å²) in [5.74, 6) is 4.83. The lowest BCUT2D eigenvalue weighted by atomic mass is 9.90. The Morgan fingerprint density at radius 1 is 0.327 bits per heavy atom. The lowest BCUT2D eigenvalue weighted by Crippen LogP contribution is -2.00. The first kappa shape index (κ1) is 95.6. The second kappa shape index (κ2) is 55.0. The van der Waals surface area contributed by atoms with E-state index in [-0.39, 0.29) is 11.7 Å². The second-order valence-corrected chi connectivity index (χ2v) is 29.1. The normalized spacial score (nSPS) is 9.88. The molecule has 11 rings (SSSR count). The van der Waals surface area contributed by atoms with Gasteiger partial charge < -0.3 is 4.74 Å². The molecule has 0 unspecified atom stereocenters. The minimum absolute atomic E-state index is 0.117. The fourth-order valence-corrected chi connectivity index (χ4v) is 12.7. The van der Waals surface area contributed by atoms with Crippen LogP contribution in [0.3, 0.4) is 0 Å². The summed E-state index contributed by atoms with van der Waals surface area (Å²) in [5, 5.41) is 2.96. The smallest absolute Gasteiger partial charge is 0.129 e. The van der Waals surface area contributed by atoms with Crippen LogP contribution in [0, 0.1) is 88.9 Å². The van der Waals surface area contributed by atoms with Crippen molar-refractivity contribution in [1.29, 1.82) is 0 Å². The Labute approximate surface area is 697 Å². The number of rotatable bonds is 12. The third-order valence-corrected chi connectivity index (χ3v) is 21.2. The molecule has 0 aliphatic rings. The van der Waals surface area contributed by atoms with Crippen molar-refractivity contribution in [2.45, 2.75) is 141 Å². The Bertz CT molecular complexity index is 4010. The van der Waals surface area contributed by atoms with Crippen LogP contribution >= 0.6 is 164 Å². The van der Waals surface area contributed by atoms with E-state index in [0.717, 1.165) is 37.0 Å². The zero-order valence-corrected chi connectivity index (χ0v) is 74.0. The monoisotopic (exact) mass is 1790 g/mol. The van der Waals surface area contributed by atoms with E-state index in [4.69, 9.17) is 121 Å². The van der Waals surface area contributed by atoms with E-state index < -0.39 is 0 Å². The molecule has 0 bridgehead atoms. The predicted molar refractivity (Wildman–Crippen MR) is 473 cm³/mol. The molecule has 1 nitrogen and oxygen atoms in total. The van der Waals surface area contributed by atoms with Gasteiger partial charge in [-0.2, -0.15) is 0 Å². The average molecular weight is 1790 g/mol. The minimum atomic E-state index is -0.345. The number of alkyl halides is 10. The van der Waals surface area contributed by atoms with Crippen LogP contribution in [0.25, 0.3) is 11.1 Å². The summed E-state index contributed by atoms with van der Waals surface area (Å²) in [4.78, 5) is 0. The summed E-state index contributed by atoms with van der Waals surface area (Å²) in [6.45, 7) is 25.4. The molecule has 0 aliphatic heterocycles. The van der Waals surface area contributed by atoms with E-state index in [2.05, 4.69) is 245 Å². The van der Waals surface area contributed by atoms with Crippen LogP contribution in [0.5, 0.6) is 5.75 Å². The molecule has 0 saturated heterocycles. The van der Waals surface area contributed by atoms with Gasteiger partial charge in [-0.15, -0.1) is 92.8 Å². The van der Waals surface area contributed by atoms with E-state index in [9.17, 15) is 4.39 Å². The summed E-state index contributed by atoms with van der Waals surface area (Å²) < 4.78 is 19.0. The van der Waals surface area contributed by atoms with Crippen molar-refractivity contribution in [2.24, 2.45) is 0 Å². The molecule has 104 heavy (non-hydrogen) atoms. The van der Waals surface area contributed by atoms with Crippen molar-refractivity contribution in [3.8, 4) is 16.9 Å². The maximum atomic E-state index is 12.7. The van der Waals surface area contributed by atoms with Gasteiger partial charge in [0.25, 0.3) is 0 Å². The van der Waals surface area contributed by atoms with Gasteiger partial charge in [0.15, 0.2) is 0 Å². The van der Waals surface area contributed by atoms with Gasteiger partial charge in [-0.1, -0.05) is 270 Å². The number of hydrogen-bond acceptors (Lipinski definition) is 1. The van der Waals surface area contributed by atoms with Crippen LogP contribution in [0.15, 0.2) is 229 Å². The van der Waals surface area contributed by atoms with Gasteiger partial charge in [0.2, 0.25) is 0 Å². The third-order valence-electron chi connectivity index (χ3n) is 16.4. The van der Waals surface area contributed by atoms with Gasteiger partial charge in [-0.25, -0.2) is 4.39 Å². The fraction of sp³-hybridized carbons (Fsp3) is 0.258. The molecular formula is C89H96Br3Cl10FO. The van der Waals surface area contributed by atoms with Crippen LogP contribution in [0.4, 0.5) is 4.39 Å². The second-order valence-electron chi connectivity index (χ2n) is 24.0. The first-order valence-corrected chi connectivity index (χ1v) is 41.4. The molecule has 11 aromatic carbocycles. The predicted octanol–water partition coefficient (Wildman–Crippen LogP) is 32.2. The van der Waals surface area contributed by atoms with E-state index in [1.165, 1.54) is 123 Å². The lowest BCUT2D eigenvalue weighted by molar-refractivity contribution is 0.411. The number of benzene rings is 11. The number of aryl methyl sites for hydroxylation is 6. The molecular weight excluding hydrogens is 1700 g/mol. The highest BCUT2D eigenvalue weighted by atomic mass is 79.9. The molecule has 556 valence electrons. The van der Waals surface area contributed by atoms with Crippen molar-refractivity contribution < 1.29 is 9.13 Å². The Kier molecular flexibility index (Phi) is 50.5. The molecule has 11 aromatic rings. The van der Waals surface area contributed by atoms with Crippen molar-refractivity contribution in [1.82, 2.24) is 0 Å². The highest BCUT2D eigenvalue weighted by Crippen LogP contribution is 2.29. The Hall–Kier alpha value is -4.51. The largest absolute Gasteiger partial charge is 0.496 e. The van der Waals surface area contributed by atoms with Gasteiger partial charge >= 0.3 is 0 Å². The van der Waals surface area contributed by atoms with Gasteiger partial charge in [-0.3, -0.25) is 0 Å². The molecule has 0 radical (unpaired) electrons. The zero-order valence-electron chi connectivity index (χ0n) is 61.6. The topological polar surface area (TPSA) is 9.23 Å². The van der Waals surface area contributed by atoms with Crippen molar-refractivity contribution in [3.63, 3.8) is 0 Å². The molecule has 0 heterocycles. The number of methoxy groups -OCH3 is 1. The molecule has 0 saturated carbocycles. The number of hydrogen-bond donors (Lipinski definition) is 0. The van der Waals surface area contributed by atoms with Crippen LogP contribution in [0.2, 0.25) is 10.0 Å². The molecule has 0 atom stereocenters. The Morgan fingerprint density at radius 2 is 0.769 bits per heavy atom. The standard InChI is InChI=1S/C13H11Br.C12H17Cl.C10H13ClO.C9H11Cl.3C8H9Cl.C7H6Br2.C7H5Cl2F.C7H6Cl2/c14-10-12-8-4-5-9-13(12)11-6-2-1-3-7-11;1-7-8(2)10(4)12(6-13)11(5)9(7)3;1-7-4-9(6-11)5-10(12-3)8(7)2;1-7-3-4-9(6-10)5-8(7)2;2*1-7-2-4-8(6-9)5-3-7;1-7-3-2-4-8(5-7)6-9;8-5-6-1-3-7(9)4-2-6;8-4-5-6(9)2-1-3-7(5)10;8-5-6-2-1-3-7(9)4-6/h1-9H,10H2;6H2,1-5H3;4-5H,6H2,1-3H3;3-5H,6H2,1-2H3;3*2-5H,6H2,1H3;1-4H,5H2;1-3H,4H2;1-4H,5H2. The van der Waals surface area contributed by atoms with E-state index in [1.807, 2.05) is 91.9 Å². The quantitative estimate of drug-likeness (QED) is 0.111. The van der Waals surface area contributed by atoms with E-state index in [1.54, 1.807) is 19.2 Å². The lowest BCUT2D eigenvalue weighted by Gasteiger charge is -2.16. The van der Waals surface area contributed by atoms with Gasteiger partial charge in [0, 0.05) is 71.9 Å². The molecule has 0 fully saturated rings. The molecule has 0 aliphatic carbocycles. The summed E-state index contributed by atoms with van der Waals surface area (Å²) in [7, 11) is 1.68. The third kappa shape index (κ3) is 36.6. The van der Waals surface area contributed by atoms with Crippen LogP contribution in [-0.4, -0.2) is 7.11 Å². The van der Waals surface area contributed by atoms with E-state index >= 15 is 0 Å². The number of ether oxygens (including phenoxy) is 1. The molecule has 0 amide bonds. The molecule has 0 spiro atoms. The Morgan fingerprint density at radius 3 is 1.19 bits per heavy atom. The SMILES string of the molecule is BrCc1ccc(Br)cc1.BrCc1ccccc1-c1ccccc1.COc1cc(CCl)cc(C)c1C.Cc1c(C)c(C)c(CCl)c(C)c1C.Cc1ccc(CCl)cc1.Cc1ccc(CCl)cc1.Cc1ccc(CCl)cc1C.Cc1cccc(CCl)c1.ClCc1cccc(Cl)c1.Fc1cccc(Cl)c1CCl. The van der Waals surface area contributed by atoms with Crippen LogP contribution in [-0.2, 0) is 57.7 Å². The van der Waals surface area contributed by atoms with Crippen molar-refractivity contribution in [2.75, 3.05) is 7.11 Å². The van der Waals surface area contributed by atoms with Gasteiger partial charge in [-0.05, 0) is 237 Å². The highest BCUT2D eigenvalue weighted by Gasteiger charge is 2.11. The summed E-state index contributed by atoms with van der Waals surface area (Å²) in [6, 6.07) is 74.2. The maximum Gasteiger partial charge on any atom is 0.129 e. The van der Waals surface area contributed by atoms with Gasteiger partial charge in [0.05, 0.1) is 13.0 Å². The summed E-state index contributed by atoms with van der Waals surface area (Å²) in [6.07, 6.45) is 0. The fourth-order valence-electron chi connectivity index (χ4n) is 9.39. The minimum Gasteiger partial charge on any atom is -0.496 e. The first-order valence-electron chi connectivity index (χ1n) is 33.3. The molecule has 15 heteroatoms. The van der Waals surface area contributed by atoms with Crippen LogP contribution < -0.4 is 4.74 Å². The highest BCUT2D eigenvalue weighted by molar-refractivity contribution is 9.10. The first-order chi connectivity index (χ1) is 49.7. The molecule has 0 N–H and O–H groups in total. The van der Waals surface area contributed by atoms with Crippen LogP contribution in [0.1, 0.15) is 122 Å². The summed E-state index contributed by atoms with van der Waals surface area (Å²) >= 11 is 66.5. The average Bonchev–Trinajstić information content (AvgIpc) is 0.800. The summed E-state index contributed by atoms with van der Waals surface area (Å²) in [5.41, 5.74) is 29.6. The van der Waals surface area contributed by atoms with Gasteiger partial charge in [0.1, 0.15) is 11.6 Å².